The van der Waals surface area contributed by atoms with Crippen molar-refractivity contribution in [1.82, 2.24) is 5.32 Å². The van der Waals surface area contributed by atoms with Gasteiger partial charge in [0.05, 0.1) is 13.0 Å². The summed E-state index contributed by atoms with van der Waals surface area (Å²) in [6.07, 6.45) is 1.77. The van der Waals surface area contributed by atoms with Gasteiger partial charge in [-0.2, -0.15) is 0 Å². The van der Waals surface area contributed by atoms with Gasteiger partial charge in [-0.25, -0.2) is 0 Å². The predicted molar refractivity (Wildman–Crippen MR) is 101 cm³/mol. The third-order valence-electron chi connectivity index (χ3n) is 5.21. The van der Waals surface area contributed by atoms with Crippen LogP contribution in [0.2, 0.25) is 0 Å². The zero-order valence-electron chi connectivity index (χ0n) is 15.0. The number of methoxy groups -OCH3 is 1. The molecule has 5 nitrogen and oxygen atoms in total. The number of nitrogens with one attached hydrogen (secondary N) is 1. The minimum Gasteiger partial charge on any atom is -0.493 e. The van der Waals surface area contributed by atoms with Crippen LogP contribution < -0.4 is 19.7 Å². The van der Waals surface area contributed by atoms with Gasteiger partial charge in [0.1, 0.15) is 6.61 Å². The van der Waals surface area contributed by atoms with E-state index < -0.39 is 0 Å². The van der Waals surface area contributed by atoms with E-state index in [0.29, 0.717) is 19.6 Å². The first-order chi connectivity index (χ1) is 12.8. The highest BCUT2D eigenvalue weighted by molar-refractivity contribution is 5.79. The molecule has 0 fully saturated rings. The zero-order chi connectivity index (χ0) is 17.9. The largest absolute Gasteiger partial charge is 0.493 e. The third kappa shape index (κ3) is 3.21. The van der Waals surface area contributed by atoms with Crippen LogP contribution in [0.1, 0.15) is 11.1 Å². The SMILES string of the molecule is COc1cccc2c1OCC(C(=O)NCCN1CCc3ccccc31)C2. The monoisotopic (exact) mass is 352 g/mol. The highest BCUT2D eigenvalue weighted by atomic mass is 16.5. The van der Waals surface area contributed by atoms with E-state index in [9.17, 15) is 4.79 Å². The number of ether oxygens (including phenoxy) is 2. The number of fused-ring (bicyclic) bond motifs is 2. The molecule has 1 atom stereocenters. The number of para-hydroxylation sites is 2. The topological polar surface area (TPSA) is 50.8 Å². The second kappa shape index (κ2) is 7.28. The quantitative estimate of drug-likeness (QED) is 0.898. The molecule has 4 rings (SSSR count). The Morgan fingerprint density at radius 1 is 1.23 bits per heavy atom. The summed E-state index contributed by atoms with van der Waals surface area (Å²) in [5, 5.41) is 3.08. The normalized spacial score (nSPS) is 17.9. The van der Waals surface area contributed by atoms with Crippen molar-refractivity contribution in [2.75, 3.05) is 38.3 Å². The summed E-state index contributed by atoms with van der Waals surface area (Å²) < 4.78 is 11.1. The van der Waals surface area contributed by atoms with Crippen LogP contribution in [0, 0.1) is 5.92 Å². The number of anilines is 1. The Labute approximate surface area is 153 Å². The van der Waals surface area contributed by atoms with Gasteiger partial charge in [0.25, 0.3) is 0 Å². The van der Waals surface area contributed by atoms with E-state index in [1.54, 1.807) is 7.11 Å². The highest BCUT2D eigenvalue weighted by Gasteiger charge is 2.28. The van der Waals surface area contributed by atoms with Crippen molar-refractivity contribution < 1.29 is 14.3 Å². The van der Waals surface area contributed by atoms with E-state index >= 15 is 0 Å². The molecule has 0 radical (unpaired) electrons. The van der Waals surface area contributed by atoms with Gasteiger partial charge in [0, 0.05) is 25.3 Å². The molecule has 1 N–H and O–H groups in total. The van der Waals surface area contributed by atoms with Gasteiger partial charge in [-0.1, -0.05) is 30.3 Å². The molecule has 0 saturated heterocycles. The van der Waals surface area contributed by atoms with E-state index in [4.69, 9.17) is 9.47 Å². The molecule has 1 amide bonds. The van der Waals surface area contributed by atoms with E-state index in [2.05, 4.69) is 34.5 Å². The van der Waals surface area contributed by atoms with Gasteiger partial charge in [-0.3, -0.25) is 4.79 Å². The van der Waals surface area contributed by atoms with Gasteiger partial charge < -0.3 is 19.7 Å². The molecule has 1 unspecified atom stereocenters. The molecule has 2 aromatic carbocycles. The number of amides is 1. The average molecular weight is 352 g/mol. The molecule has 2 aliphatic rings. The fourth-order valence-corrected chi connectivity index (χ4v) is 3.82. The first kappa shape index (κ1) is 16.8. The Kier molecular flexibility index (Phi) is 4.69. The predicted octanol–water partition coefficient (Wildman–Crippen LogP) is 2.43. The van der Waals surface area contributed by atoms with Crippen LogP contribution in [0.5, 0.6) is 11.5 Å². The molecule has 2 heterocycles. The number of hydrogen-bond acceptors (Lipinski definition) is 4. The Hall–Kier alpha value is -2.69. The third-order valence-corrected chi connectivity index (χ3v) is 5.21. The number of hydrogen-bond donors (Lipinski definition) is 1. The lowest BCUT2D eigenvalue weighted by molar-refractivity contribution is -0.126. The van der Waals surface area contributed by atoms with Crippen LogP contribution in [-0.2, 0) is 17.6 Å². The van der Waals surface area contributed by atoms with Crippen LogP contribution in [0.15, 0.2) is 42.5 Å². The van der Waals surface area contributed by atoms with Crippen molar-refractivity contribution in [3.05, 3.63) is 53.6 Å². The number of carbonyl (C=O) groups is 1. The van der Waals surface area contributed by atoms with Crippen LogP contribution >= 0.6 is 0 Å². The van der Waals surface area contributed by atoms with Crippen LogP contribution in [0.4, 0.5) is 5.69 Å². The van der Waals surface area contributed by atoms with E-state index in [0.717, 1.165) is 36.6 Å². The van der Waals surface area contributed by atoms with Crippen molar-refractivity contribution in [3.8, 4) is 11.5 Å². The molecule has 0 saturated carbocycles. The molecular weight excluding hydrogens is 328 g/mol. The van der Waals surface area contributed by atoms with Crippen molar-refractivity contribution >= 4 is 11.6 Å². The minimum absolute atomic E-state index is 0.0611. The Morgan fingerprint density at radius 2 is 2.08 bits per heavy atom. The maximum absolute atomic E-state index is 12.5. The molecule has 2 aliphatic heterocycles. The van der Waals surface area contributed by atoms with Crippen LogP contribution in [-0.4, -0.2) is 39.3 Å². The zero-order valence-corrected chi connectivity index (χ0v) is 15.0. The summed E-state index contributed by atoms with van der Waals surface area (Å²) in [6.45, 7) is 2.90. The van der Waals surface area contributed by atoms with Gasteiger partial charge in [-0.05, 0) is 36.1 Å². The standard InChI is InChI=1S/C21H24N2O3/c1-25-19-8-4-6-16-13-17(14-26-20(16)19)21(24)22-10-12-23-11-9-15-5-2-3-7-18(15)23/h2-8,17H,9-14H2,1H3,(H,22,24). The highest BCUT2D eigenvalue weighted by Crippen LogP contribution is 2.36. The van der Waals surface area contributed by atoms with E-state index in [1.165, 1.54) is 11.3 Å². The van der Waals surface area contributed by atoms with E-state index in [-0.39, 0.29) is 11.8 Å². The van der Waals surface area contributed by atoms with Crippen molar-refractivity contribution in [3.63, 3.8) is 0 Å². The summed E-state index contributed by atoms with van der Waals surface area (Å²) in [5.74, 6) is 1.41. The average Bonchev–Trinajstić information content (AvgIpc) is 3.10. The fourth-order valence-electron chi connectivity index (χ4n) is 3.82. The fraction of sp³-hybridized carbons (Fsp3) is 0.381. The first-order valence-electron chi connectivity index (χ1n) is 9.15. The second-order valence-corrected chi connectivity index (χ2v) is 6.82. The van der Waals surface area contributed by atoms with Gasteiger partial charge >= 0.3 is 0 Å². The Morgan fingerprint density at radius 3 is 2.96 bits per heavy atom. The Bertz CT molecular complexity index is 806. The summed E-state index contributed by atoms with van der Waals surface area (Å²) in [4.78, 5) is 14.9. The molecule has 0 aliphatic carbocycles. The molecule has 0 spiro atoms. The van der Waals surface area contributed by atoms with Crippen molar-refractivity contribution in [2.45, 2.75) is 12.8 Å². The van der Waals surface area contributed by atoms with Gasteiger partial charge in [-0.15, -0.1) is 0 Å². The number of carbonyl (C=O) groups excluding carboxylic acids is 1. The van der Waals surface area contributed by atoms with Crippen LogP contribution in [0.25, 0.3) is 0 Å². The van der Waals surface area contributed by atoms with Crippen molar-refractivity contribution in [1.29, 1.82) is 0 Å². The number of benzene rings is 2. The van der Waals surface area contributed by atoms with Gasteiger partial charge in [0.2, 0.25) is 5.91 Å². The van der Waals surface area contributed by atoms with Crippen LogP contribution in [0.3, 0.4) is 0 Å². The summed E-state index contributed by atoms with van der Waals surface area (Å²) in [6, 6.07) is 14.3. The first-order valence-corrected chi connectivity index (χ1v) is 9.15. The second-order valence-electron chi connectivity index (χ2n) is 6.82. The van der Waals surface area contributed by atoms with E-state index in [1.807, 2.05) is 18.2 Å². The smallest absolute Gasteiger partial charge is 0.226 e. The molecule has 0 aromatic heterocycles. The lowest BCUT2D eigenvalue weighted by atomic mass is 9.95. The van der Waals surface area contributed by atoms with Gasteiger partial charge in [0.15, 0.2) is 11.5 Å². The summed E-state index contributed by atoms with van der Waals surface area (Å²) in [5.41, 5.74) is 3.72. The molecule has 5 heteroatoms. The molecule has 136 valence electrons. The molecule has 2 aromatic rings. The number of rotatable bonds is 5. The Balaban J connectivity index is 1.31. The molecule has 0 bridgehead atoms. The number of nitrogens with zero attached hydrogens (tertiary/aromatic N) is 1. The lowest BCUT2D eigenvalue weighted by Gasteiger charge is -2.26. The lowest BCUT2D eigenvalue weighted by Crippen LogP contribution is -2.41. The summed E-state index contributed by atoms with van der Waals surface area (Å²) in [7, 11) is 1.63. The minimum atomic E-state index is -0.152. The maximum atomic E-state index is 12.5. The maximum Gasteiger partial charge on any atom is 0.226 e. The summed E-state index contributed by atoms with van der Waals surface area (Å²) >= 11 is 0. The molecule has 26 heavy (non-hydrogen) atoms. The molecular formula is C21H24N2O3. The van der Waals surface area contributed by atoms with Crippen molar-refractivity contribution in [2.24, 2.45) is 5.92 Å².